The van der Waals surface area contributed by atoms with Crippen LogP contribution in [-0.4, -0.2) is 11.1 Å². The topological polar surface area (TPSA) is 46.5 Å². The number of rotatable bonds is 6. The Morgan fingerprint density at radius 1 is 0.943 bits per heavy atom. The minimum atomic E-state index is -4.68. The maximum Gasteiger partial charge on any atom is 0.416 e. The van der Waals surface area contributed by atoms with E-state index in [4.69, 9.17) is 4.74 Å². The lowest BCUT2D eigenvalue weighted by molar-refractivity contribution is -0.138. The maximum atomic E-state index is 14.0. The number of carboxylic acids is 1. The van der Waals surface area contributed by atoms with E-state index in [1.807, 2.05) is 0 Å². The largest absolute Gasteiger partial charge is 0.489 e. The van der Waals surface area contributed by atoms with Crippen LogP contribution in [0.15, 0.2) is 66.2 Å². The number of carboxylic acid groups (broad SMARTS) is 1. The van der Waals surface area contributed by atoms with Gasteiger partial charge in [-0.05, 0) is 94.4 Å². The summed E-state index contributed by atoms with van der Waals surface area (Å²) in [7, 11) is 0. The quantitative estimate of drug-likeness (QED) is 0.370. The highest BCUT2D eigenvalue weighted by Crippen LogP contribution is 2.45. The zero-order valence-electron chi connectivity index (χ0n) is 18.4. The molecule has 0 bridgehead atoms. The van der Waals surface area contributed by atoms with Crippen molar-refractivity contribution < 1.29 is 36.6 Å². The zero-order chi connectivity index (χ0) is 25.3. The molecule has 0 fully saturated rings. The lowest BCUT2D eigenvalue weighted by Crippen LogP contribution is -2.09. The van der Waals surface area contributed by atoms with Crippen molar-refractivity contribution in [2.24, 2.45) is 0 Å². The van der Waals surface area contributed by atoms with Crippen LogP contribution in [0.4, 0.5) is 22.0 Å². The van der Waals surface area contributed by atoms with Crippen molar-refractivity contribution in [3.05, 3.63) is 106 Å². The van der Waals surface area contributed by atoms with E-state index in [-0.39, 0.29) is 24.2 Å². The van der Waals surface area contributed by atoms with Gasteiger partial charge in [0.05, 0.1) is 12.0 Å². The van der Waals surface area contributed by atoms with E-state index in [1.165, 1.54) is 60.7 Å². The monoisotopic (exact) mass is 486 g/mol. The second-order valence-corrected chi connectivity index (χ2v) is 8.08. The number of halogens is 5. The Bertz CT molecular complexity index is 1350. The van der Waals surface area contributed by atoms with E-state index in [0.717, 1.165) is 6.07 Å². The van der Waals surface area contributed by atoms with Gasteiger partial charge >= 0.3 is 12.1 Å². The summed E-state index contributed by atoms with van der Waals surface area (Å²) in [6.45, 7) is 1.45. The Morgan fingerprint density at radius 2 is 1.63 bits per heavy atom. The first kappa shape index (κ1) is 24.2. The molecule has 3 aromatic carbocycles. The average Bonchev–Trinajstić information content (AvgIpc) is 3.03. The predicted octanol–water partition coefficient (Wildman–Crippen LogP) is 7.37. The summed E-state index contributed by atoms with van der Waals surface area (Å²) in [6.07, 6.45) is -3.72. The van der Waals surface area contributed by atoms with Crippen molar-refractivity contribution in [2.45, 2.75) is 26.1 Å². The van der Waals surface area contributed by atoms with Gasteiger partial charge in [-0.15, -0.1) is 0 Å². The summed E-state index contributed by atoms with van der Waals surface area (Å²) in [5.41, 5.74) is 1.30. The van der Waals surface area contributed by atoms with E-state index in [9.17, 15) is 31.9 Å². The van der Waals surface area contributed by atoms with Gasteiger partial charge in [0.2, 0.25) is 0 Å². The molecule has 3 nitrogen and oxygen atoms in total. The van der Waals surface area contributed by atoms with Crippen LogP contribution in [0.25, 0.3) is 17.2 Å². The van der Waals surface area contributed by atoms with Crippen LogP contribution in [-0.2, 0) is 17.6 Å². The second kappa shape index (κ2) is 9.37. The summed E-state index contributed by atoms with van der Waals surface area (Å²) in [4.78, 5) is 11.3. The zero-order valence-corrected chi connectivity index (χ0v) is 18.4. The Morgan fingerprint density at radius 3 is 2.29 bits per heavy atom. The molecule has 0 atom stereocenters. The number of alkyl halides is 3. The molecule has 0 saturated carbocycles. The lowest BCUT2D eigenvalue weighted by atomic mass is 9.97. The van der Waals surface area contributed by atoms with E-state index in [0.29, 0.717) is 33.6 Å². The Balaban J connectivity index is 1.73. The van der Waals surface area contributed by atoms with E-state index < -0.39 is 29.3 Å². The van der Waals surface area contributed by atoms with E-state index in [1.54, 1.807) is 6.92 Å². The Kier molecular flexibility index (Phi) is 6.47. The molecule has 1 aliphatic carbocycles. The molecule has 35 heavy (non-hydrogen) atoms. The highest BCUT2D eigenvalue weighted by atomic mass is 19.4. The van der Waals surface area contributed by atoms with Gasteiger partial charge in [0.1, 0.15) is 24.0 Å². The van der Waals surface area contributed by atoms with Gasteiger partial charge in [0, 0.05) is 0 Å². The van der Waals surface area contributed by atoms with Crippen molar-refractivity contribution in [3.63, 3.8) is 0 Å². The van der Waals surface area contributed by atoms with E-state index in [2.05, 4.69) is 0 Å². The standard InChI is InChI=1S/C27H19F5O3/c1-15-22(21-9-6-19(29)12-24(21)23(15)13-26(33)34)11-17-3-2-16(10-25(17)27(30,31)32)14-35-20-7-4-18(28)5-8-20/h2-12H,13-14H2,1H3,(H,33,34)/b22-11-. The minimum absolute atomic E-state index is 0.121. The number of fused-ring (bicyclic) bond motifs is 1. The van der Waals surface area contributed by atoms with Crippen LogP contribution in [0.5, 0.6) is 5.75 Å². The first-order chi connectivity index (χ1) is 16.5. The van der Waals surface area contributed by atoms with Crippen molar-refractivity contribution in [3.8, 4) is 5.75 Å². The fourth-order valence-electron chi connectivity index (χ4n) is 4.05. The number of benzene rings is 3. The number of ether oxygens (including phenoxy) is 1. The molecule has 0 aliphatic heterocycles. The third kappa shape index (κ3) is 5.26. The van der Waals surface area contributed by atoms with E-state index >= 15 is 0 Å². The van der Waals surface area contributed by atoms with Gasteiger partial charge in [0.15, 0.2) is 0 Å². The lowest BCUT2D eigenvalue weighted by Gasteiger charge is -2.14. The molecule has 0 aromatic heterocycles. The first-order valence-corrected chi connectivity index (χ1v) is 10.6. The number of hydrogen-bond donors (Lipinski definition) is 1. The van der Waals surface area contributed by atoms with Gasteiger partial charge in [0.25, 0.3) is 0 Å². The van der Waals surface area contributed by atoms with Gasteiger partial charge in [-0.2, -0.15) is 13.2 Å². The van der Waals surface area contributed by atoms with Crippen LogP contribution >= 0.6 is 0 Å². The first-order valence-electron chi connectivity index (χ1n) is 10.6. The molecule has 4 rings (SSSR count). The summed E-state index contributed by atoms with van der Waals surface area (Å²) in [5.74, 6) is -1.84. The highest BCUT2D eigenvalue weighted by molar-refractivity contribution is 6.07. The molecular formula is C27H19F5O3. The summed E-state index contributed by atoms with van der Waals surface area (Å²) in [6, 6.07) is 12.7. The van der Waals surface area contributed by atoms with Gasteiger partial charge in [-0.1, -0.05) is 18.2 Å². The molecule has 0 amide bonds. The van der Waals surface area contributed by atoms with Crippen LogP contribution in [0.1, 0.15) is 41.2 Å². The molecule has 1 aliphatic rings. The van der Waals surface area contributed by atoms with Gasteiger partial charge in [-0.3, -0.25) is 4.79 Å². The summed E-state index contributed by atoms with van der Waals surface area (Å²) in [5, 5.41) is 9.26. The SMILES string of the molecule is CC1=C(CC(=O)O)c2cc(F)ccc2/C1=C\c1ccc(COc2ccc(F)cc2)cc1C(F)(F)F. The van der Waals surface area contributed by atoms with Gasteiger partial charge < -0.3 is 9.84 Å². The van der Waals surface area contributed by atoms with Gasteiger partial charge in [-0.25, -0.2) is 8.78 Å². The average molecular weight is 486 g/mol. The maximum absolute atomic E-state index is 14.0. The molecule has 0 heterocycles. The Hall–Kier alpha value is -3.94. The van der Waals surface area contributed by atoms with Crippen LogP contribution in [0.2, 0.25) is 0 Å². The number of carbonyl (C=O) groups is 1. The molecule has 180 valence electrons. The van der Waals surface area contributed by atoms with Crippen LogP contribution < -0.4 is 4.74 Å². The number of hydrogen-bond acceptors (Lipinski definition) is 2. The Labute approximate surface area is 197 Å². The normalized spacial score (nSPS) is 14.4. The third-order valence-corrected chi connectivity index (χ3v) is 5.72. The molecule has 0 spiro atoms. The molecule has 3 aromatic rings. The molecule has 0 unspecified atom stereocenters. The van der Waals surface area contributed by atoms with Crippen molar-refractivity contribution in [1.29, 1.82) is 0 Å². The summed E-state index contributed by atoms with van der Waals surface area (Å²) < 4.78 is 74.2. The second-order valence-electron chi connectivity index (χ2n) is 8.08. The third-order valence-electron chi connectivity index (χ3n) is 5.72. The molecule has 0 saturated heterocycles. The highest BCUT2D eigenvalue weighted by Gasteiger charge is 2.34. The van der Waals surface area contributed by atoms with Crippen LogP contribution in [0, 0.1) is 11.6 Å². The van der Waals surface area contributed by atoms with Crippen LogP contribution in [0.3, 0.4) is 0 Å². The molecule has 8 heteroatoms. The van der Waals surface area contributed by atoms with Crippen molar-refractivity contribution in [2.75, 3.05) is 0 Å². The van der Waals surface area contributed by atoms with Crippen molar-refractivity contribution >= 4 is 23.2 Å². The fourth-order valence-corrected chi connectivity index (χ4v) is 4.05. The molecule has 0 radical (unpaired) electrons. The molecular weight excluding hydrogens is 467 g/mol. The fraction of sp³-hybridized carbons (Fsp3) is 0.148. The smallest absolute Gasteiger partial charge is 0.416 e. The predicted molar refractivity (Wildman–Crippen MR) is 121 cm³/mol. The number of allylic oxidation sites excluding steroid dienone is 2. The summed E-state index contributed by atoms with van der Waals surface area (Å²) >= 11 is 0. The number of aliphatic carboxylic acids is 1. The molecule has 1 N–H and O–H groups in total. The van der Waals surface area contributed by atoms with Crippen molar-refractivity contribution in [1.82, 2.24) is 0 Å². The minimum Gasteiger partial charge on any atom is -0.489 e.